The van der Waals surface area contributed by atoms with Crippen molar-refractivity contribution < 1.29 is 64.8 Å². The third kappa shape index (κ3) is 19.1. The molecule has 0 aromatic heterocycles. The maximum atomic E-state index is 7.40. The van der Waals surface area contributed by atoms with Crippen molar-refractivity contribution in [2.45, 2.75) is 264 Å². The third-order valence-electron chi connectivity index (χ3n) is 10.5. The van der Waals surface area contributed by atoms with Gasteiger partial charge in [0.25, 0.3) is 0 Å². The molecule has 0 saturated carbocycles. The maximum Gasteiger partial charge on any atom is 0.668 e. The Labute approximate surface area is 372 Å². The molecule has 0 bridgehead atoms. The monoisotopic (exact) mass is 951 g/mol. The van der Waals surface area contributed by atoms with Crippen LogP contribution in [0.25, 0.3) is 0 Å². The quantitative estimate of drug-likeness (QED) is 0.0631. The second kappa shape index (κ2) is 27.8. The average Bonchev–Trinajstić information content (AvgIpc) is 3.19. The SMILES string of the molecule is CCC(C)O[Si]1(OC(C)CC)O[Si](OC(C)CC)(OC(C)CC)O[Si](OC(C)CC)(OC(C)CC)O[Si](OC(C)CC)(OC(C)CC)O[Si](OC(C)CC)(OC(C)CC)O1. The van der Waals surface area contributed by atoms with Gasteiger partial charge in [-0.2, -0.15) is 0 Å². The van der Waals surface area contributed by atoms with E-state index in [2.05, 4.69) is 0 Å². The summed E-state index contributed by atoms with van der Waals surface area (Å²) < 4.78 is 107. The summed E-state index contributed by atoms with van der Waals surface area (Å²) in [6.07, 6.45) is 1.23. The smallest absolute Gasteiger partial charge is 0.349 e. The van der Waals surface area contributed by atoms with Crippen molar-refractivity contribution in [2.24, 2.45) is 0 Å². The fourth-order valence-electron chi connectivity index (χ4n) is 4.79. The fourth-order valence-corrected chi connectivity index (χ4v) is 24.3. The van der Waals surface area contributed by atoms with Gasteiger partial charge in [-0.15, -0.1) is 0 Å². The van der Waals surface area contributed by atoms with E-state index in [-0.39, 0.29) is 0 Å². The summed E-state index contributed by atoms with van der Waals surface area (Å²) in [6.45, 7) is 39.5. The molecule has 0 aromatic rings. The maximum absolute atomic E-state index is 7.40. The Morgan fingerprint density at radius 3 is 0.367 bits per heavy atom. The van der Waals surface area contributed by atoms with Gasteiger partial charge in [-0.05, 0) is 133 Å². The van der Waals surface area contributed by atoms with Crippen LogP contribution in [0.15, 0.2) is 0 Å². The molecule has 10 atom stereocenters. The minimum atomic E-state index is -4.76. The molecular formula is C40H90O15Si5. The Kier molecular flexibility index (Phi) is 27.1. The zero-order valence-corrected chi connectivity index (χ0v) is 46.5. The van der Waals surface area contributed by atoms with Crippen molar-refractivity contribution in [2.75, 3.05) is 0 Å². The summed E-state index contributed by atoms with van der Waals surface area (Å²) in [7, 11) is -23.8. The van der Waals surface area contributed by atoms with Crippen LogP contribution in [0.4, 0.5) is 0 Å². The zero-order valence-electron chi connectivity index (χ0n) is 41.5. The van der Waals surface area contributed by atoms with Crippen LogP contribution in [0, 0.1) is 0 Å². The lowest BCUT2D eigenvalue weighted by molar-refractivity contribution is -0.144. The van der Waals surface area contributed by atoms with Crippen LogP contribution in [0.3, 0.4) is 0 Å². The molecule has 15 nitrogen and oxygen atoms in total. The highest BCUT2D eigenvalue weighted by Gasteiger charge is 2.77. The topological polar surface area (TPSA) is 138 Å². The van der Waals surface area contributed by atoms with Crippen molar-refractivity contribution in [3.05, 3.63) is 0 Å². The van der Waals surface area contributed by atoms with E-state index in [0.717, 1.165) is 0 Å². The standard InChI is InChI=1S/C40H90O15Si5/c1-21-31(11)41-56(42-32(12)22-2)51-57(43-33(13)23-3,44-34(14)24-4)53-59(47-37(17)27-7,48-38(18)28-8)55-60(49-39(19)29-9,50-40(20)30-10)54-58(52-56,45-35(15)25-5)46-36(16)26-6/h31-40H,21-30H2,1-20H3. The molecular weight excluding hydrogens is 861 g/mol. The molecule has 0 aromatic carbocycles. The molecule has 0 N–H and O–H groups in total. The van der Waals surface area contributed by atoms with Crippen LogP contribution >= 0.6 is 0 Å². The van der Waals surface area contributed by atoms with E-state index >= 15 is 0 Å². The lowest BCUT2D eigenvalue weighted by atomic mass is 10.3. The summed E-state index contributed by atoms with van der Waals surface area (Å²) in [6, 6.07) is 0. The van der Waals surface area contributed by atoms with E-state index in [1.54, 1.807) is 0 Å². The van der Waals surface area contributed by atoms with Crippen LogP contribution in [-0.4, -0.2) is 106 Å². The Morgan fingerprint density at radius 2 is 0.300 bits per heavy atom. The molecule has 1 rings (SSSR count). The second-order valence-electron chi connectivity index (χ2n) is 16.4. The first kappa shape index (κ1) is 58.5. The van der Waals surface area contributed by atoms with Crippen molar-refractivity contribution in [3.8, 4) is 0 Å². The van der Waals surface area contributed by atoms with Gasteiger partial charge in [-0.3, -0.25) is 0 Å². The highest BCUT2D eigenvalue weighted by molar-refractivity contribution is 6.83. The Balaban J connectivity index is 5.07. The molecule has 20 heteroatoms. The van der Waals surface area contributed by atoms with E-state index < -0.39 is 106 Å². The molecule has 0 radical (unpaired) electrons. The van der Waals surface area contributed by atoms with Crippen LogP contribution in [0.2, 0.25) is 0 Å². The molecule has 10 unspecified atom stereocenters. The van der Waals surface area contributed by atoms with E-state index in [4.69, 9.17) is 64.8 Å². The molecule has 0 aliphatic carbocycles. The molecule has 0 spiro atoms. The molecule has 360 valence electrons. The van der Waals surface area contributed by atoms with Gasteiger partial charge in [0.1, 0.15) is 0 Å². The van der Waals surface area contributed by atoms with Gasteiger partial charge in [-0.1, -0.05) is 69.2 Å². The molecule has 1 fully saturated rings. The summed E-state index contributed by atoms with van der Waals surface area (Å²) in [5.41, 5.74) is 0. The zero-order chi connectivity index (χ0) is 46.0. The largest absolute Gasteiger partial charge is 0.668 e. The highest BCUT2D eigenvalue weighted by Crippen LogP contribution is 2.41. The van der Waals surface area contributed by atoms with Crippen molar-refractivity contribution >= 4 is 45.2 Å². The normalized spacial score (nSPS) is 32.0. The van der Waals surface area contributed by atoms with Gasteiger partial charge < -0.3 is 64.8 Å². The Morgan fingerprint density at radius 1 is 0.217 bits per heavy atom. The first-order chi connectivity index (χ1) is 28.1. The summed E-state index contributed by atoms with van der Waals surface area (Å²) in [4.78, 5) is 0. The minimum absolute atomic E-state index is 0.456. The summed E-state index contributed by atoms with van der Waals surface area (Å²) >= 11 is 0. The molecule has 1 saturated heterocycles. The minimum Gasteiger partial charge on any atom is -0.349 e. The summed E-state index contributed by atoms with van der Waals surface area (Å²) in [5.74, 6) is 0. The van der Waals surface area contributed by atoms with Crippen LogP contribution in [0.1, 0.15) is 203 Å². The van der Waals surface area contributed by atoms with Gasteiger partial charge in [0.2, 0.25) is 0 Å². The highest BCUT2D eigenvalue weighted by atomic mass is 28.6. The van der Waals surface area contributed by atoms with Crippen molar-refractivity contribution in [1.82, 2.24) is 0 Å². The molecule has 1 aliphatic heterocycles. The van der Waals surface area contributed by atoms with Gasteiger partial charge in [-0.25, -0.2) is 0 Å². The lowest BCUT2D eigenvalue weighted by Crippen LogP contribution is -2.78. The van der Waals surface area contributed by atoms with Gasteiger partial charge in [0.05, 0.1) is 0 Å². The third-order valence-corrected chi connectivity index (χ3v) is 27.4. The van der Waals surface area contributed by atoms with E-state index in [9.17, 15) is 0 Å². The van der Waals surface area contributed by atoms with E-state index in [1.807, 2.05) is 138 Å². The number of rotatable bonds is 30. The molecule has 1 heterocycles. The Bertz CT molecular complexity index is 874. The van der Waals surface area contributed by atoms with Gasteiger partial charge >= 0.3 is 45.2 Å². The van der Waals surface area contributed by atoms with Gasteiger partial charge in [0.15, 0.2) is 0 Å². The van der Waals surface area contributed by atoms with E-state index in [0.29, 0.717) is 64.2 Å². The Hall–Kier alpha value is 0.484. The predicted molar refractivity (Wildman–Crippen MR) is 243 cm³/mol. The van der Waals surface area contributed by atoms with Crippen molar-refractivity contribution in [1.29, 1.82) is 0 Å². The van der Waals surface area contributed by atoms with Crippen LogP contribution in [-0.2, 0) is 64.8 Å². The van der Waals surface area contributed by atoms with Crippen LogP contribution < -0.4 is 0 Å². The molecule has 60 heavy (non-hydrogen) atoms. The molecule has 1 aliphatic rings. The lowest BCUT2D eigenvalue weighted by Gasteiger charge is -2.49. The molecule has 0 amide bonds. The summed E-state index contributed by atoms with van der Waals surface area (Å²) in [5, 5.41) is 0. The number of hydrogen-bond donors (Lipinski definition) is 0. The van der Waals surface area contributed by atoms with Crippen LogP contribution in [0.5, 0.6) is 0 Å². The first-order valence-corrected chi connectivity index (χ1v) is 31.5. The van der Waals surface area contributed by atoms with E-state index in [1.165, 1.54) is 0 Å². The predicted octanol–water partition coefficient (Wildman–Crippen LogP) is 10.4. The fraction of sp³-hybridized carbons (Fsp3) is 1.00. The average molecular weight is 952 g/mol. The first-order valence-electron chi connectivity index (χ1n) is 23.4. The number of hydrogen-bond acceptors (Lipinski definition) is 15. The van der Waals surface area contributed by atoms with Gasteiger partial charge in [0, 0.05) is 61.0 Å². The van der Waals surface area contributed by atoms with Crippen molar-refractivity contribution in [3.63, 3.8) is 0 Å². The second-order valence-corrected chi connectivity index (χ2v) is 27.8.